The number of aromatic nitrogens is 4. The van der Waals surface area contributed by atoms with Crippen molar-refractivity contribution in [2.45, 2.75) is 13.0 Å². The molecule has 2 rings (SSSR count). The lowest BCUT2D eigenvalue weighted by Crippen LogP contribution is -2.33. The molecule has 0 spiro atoms. The molecule has 0 aliphatic heterocycles. The van der Waals surface area contributed by atoms with Crippen LogP contribution >= 0.6 is 0 Å². The average molecular weight is 220 g/mol. The molecule has 0 amide bonds. The number of anilines is 1. The molecule has 16 heavy (non-hydrogen) atoms. The summed E-state index contributed by atoms with van der Waals surface area (Å²) in [4.78, 5) is 10.7. The largest absolute Gasteiger partial charge is 0.342 e. The lowest BCUT2D eigenvalue weighted by Gasteiger charge is -2.18. The van der Waals surface area contributed by atoms with Crippen LogP contribution in [-0.4, -0.2) is 39.4 Å². The molecule has 1 unspecified atom stereocenters. The van der Waals surface area contributed by atoms with E-state index in [1.807, 2.05) is 25.9 Å². The van der Waals surface area contributed by atoms with E-state index >= 15 is 0 Å². The Balaban J connectivity index is 2.34. The minimum atomic E-state index is 0.0934. The van der Waals surface area contributed by atoms with Gasteiger partial charge in [0.25, 0.3) is 0 Å². The molecule has 6 nitrogen and oxygen atoms in total. The molecule has 0 aliphatic carbocycles. The molecule has 86 valence electrons. The van der Waals surface area contributed by atoms with Gasteiger partial charge in [-0.1, -0.05) is 0 Å². The molecule has 0 saturated carbocycles. The van der Waals surface area contributed by atoms with E-state index in [1.54, 1.807) is 17.1 Å². The predicted octanol–water partition coefficient (Wildman–Crippen LogP) is 0.147. The van der Waals surface area contributed by atoms with Gasteiger partial charge in [0.05, 0.1) is 11.6 Å². The van der Waals surface area contributed by atoms with Gasteiger partial charge < -0.3 is 10.6 Å². The van der Waals surface area contributed by atoms with Crippen molar-refractivity contribution in [3.8, 4) is 0 Å². The van der Waals surface area contributed by atoms with Crippen molar-refractivity contribution in [3.05, 3.63) is 12.4 Å². The third-order valence-corrected chi connectivity index (χ3v) is 2.36. The first-order chi connectivity index (χ1) is 7.58. The predicted molar refractivity (Wildman–Crippen MR) is 63.2 cm³/mol. The standard InChI is InChI=1S/C10H16N6/c1-7(11)6-15(2)10-12-4-8-5-13-16(3)9(8)14-10/h4-5,7H,6,11H2,1-3H3. The maximum absolute atomic E-state index is 5.74. The van der Waals surface area contributed by atoms with Crippen molar-refractivity contribution < 1.29 is 0 Å². The van der Waals surface area contributed by atoms with Crippen LogP contribution in [-0.2, 0) is 7.05 Å². The Hall–Kier alpha value is -1.69. The van der Waals surface area contributed by atoms with Gasteiger partial charge in [-0.2, -0.15) is 10.1 Å². The molecular formula is C10H16N6. The van der Waals surface area contributed by atoms with Crippen LogP contribution in [0.4, 0.5) is 5.95 Å². The molecule has 2 heterocycles. The number of rotatable bonds is 3. The number of nitrogens with zero attached hydrogens (tertiary/aromatic N) is 5. The van der Waals surface area contributed by atoms with Gasteiger partial charge >= 0.3 is 0 Å². The maximum Gasteiger partial charge on any atom is 0.227 e. The second-order valence-corrected chi connectivity index (χ2v) is 4.07. The third kappa shape index (κ3) is 1.96. The third-order valence-electron chi connectivity index (χ3n) is 2.36. The molecule has 0 radical (unpaired) electrons. The van der Waals surface area contributed by atoms with E-state index < -0.39 is 0 Å². The highest BCUT2D eigenvalue weighted by atomic mass is 15.3. The Kier molecular flexibility index (Phi) is 2.74. The van der Waals surface area contributed by atoms with Gasteiger partial charge in [0.1, 0.15) is 0 Å². The Bertz CT molecular complexity index is 489. The van der Waals surface area contributed by atoms with Gasteiger partial charge in [0.2, 0.25) is 5.95 Å². The van der Waals surface area contributed by atoms with E-state index in [0.717, 1.165) is 17.6 Å². The molecule has 2 N–H and O–H groups in total. The molecule has 0 saturated heterocycles. The van der Waals surface area contributed by atoms with E-state index in [2.05, 4.69) is 15.1 Å². The smallest absolute Gasteiger partial charge is 0.227 e. The minimum Gasteiger partial charge on any atom is -0.342 e. The van der Waals surface area contributed by atoms with Crippen LogP contribution in [0.15, 0.2) is 12.4 Å². The summed E-state index contributed by atoms with van der Waals surface area (Å²) >= 11 is 0. The van der Waals surface area contributed by atoms with Crippen LogP contribution in [0.3, 0.4) is 0 Å². The first-order valence-corrected chi connectivity index (χ1v) is 5.19. The van der Waals surface area contributed by atoms with Crippen LogP contribution in [0.1, 0.15) is 6.92 Å². The Morgan fingerprint density at radius 3 is 2.94 bits per heavy atom. The molecule has 1 atom stereocenters. The quantitative estimate of drug-likeness (QED) is 0.797. The van der Waals surface area contributed by atoms with E-state index in [0.29, 0.717) is 5.95 Å². The molecular weight excluding hydrogens is 204 g/mol. The van der Waals surface area contributed by atoms with Gasteiger partial charge in [-0.05, 0) is 6.92 Å². The van der Waals surface area contributed by atoms with E-state index in [4.69, 9.17) is 5.73 Å². The Morgan fingerprint density at radius 1 is 1.50 bits per heavy atom. The van der Waals surface area contributed by atoms with Gasteiger partial charge in [-0.3, -0.25) is 4.68 Å². The lowest BCUT2D eigenvalue weighted by atomic mass is 10.3. The normalized spacial score (nSPS) is 13.0. The second kappa shape index (κ2) is 4.05. The van der Waals surface area contributed by atoms with Crippen LogP contribution in [0.25, 0.3) is 11.0 Å². The Labute approximate surface area is 94.1 Å². The Morgan fingerprint density at radius 2 is 2.25 bits per heavy atom. The summed E-state index contributed by atoms with van der Waals surface area (Å²) in [6.45, 7) is 2.68. The highest BCUT2D eigenvalue weighted by Gasteiger charge is 2.09. The molecule has 2 aromatic heterocycles. The second-order valence-electron chi connectivity index (χ2n) is 4.07. The molecule has 0 aromatic carbocycles. The average Bonchev–Trinajstić information content (AvgIpc) is 2.59. The molecule has 6 heteroatoms. The number of likely N-dealkylation sites (N-methyl/N-ethyl adjacent to an activating group) is 1. The number of fused-ring (bicyclic) bond motifs is 1. The summed E-state index contributed by atoms with van der Waals surface area (Å²) in [7, 11) is 3.80. The topological polar surface area (TPSA) is 72.9 Å². The summed E-state index contributed by atoms with van der Waals surface area (Å²) < 4.78 is 1.74. The zero-order valence-electron chi connectivity index (χ0n) is 9.75. The van der Waals surface area contributed by atoms with Gasteiger partial charge in [0, 0.05) is 32.9 Å². The first-order valence-electron chi connectivity index (χ1n) is 5.19. The lowest BCUT2D eigenvalue weighted by molar-refractivity contribution is 0.703. The zero-order valence-corrected chi connectivity index (χ0v) is 9.75. The van der Waals surface area contributed by atoms with Gasteiger partial charge in [-0.15, -0.1) is 0 Å². The van der Waals surface area contributed by atoms with E-state index in [1.165, 1.54) is 0 Å². The highest BCUT2D eigenvalue weighted by molar-refractivity contribution is 5.74. The van der Waals surface area contributed by atoms with Crippen LogP contribution < -0.4 is 10.6 Å². The summed E-state index contributed by atoms with van der Waals surface area (Å²) in [6.07, 6.45) is 3.53. The van der Waals surface area contributed by atoms with Crippen molar-refractivity contribution in [1.82, 2.24) is 19.7 Å². The number of hydrogen-bond donors (Lipinski definition) is 1. The van der Waals surface area contributed by atoms with Crippen LogP contribution in [0, 0.1) is 0 Å². The van der Waals surface area contributed by atoms with Gasteiger partial charge in [-0.25, -0.2) is 4.98 Å². The molecule has 2 aromatic rings. The SMILES string of the molecule is CC(N)CN(C)c1ncc2cnn(C)c2n1. The van der Waals surface area contributed by atoms with Gasteiger partial charge in [0.15, 0.2) is 5.65 Å². The van der Waals surface area contributed by atoms with E-state index in [-0.39, 0.29) is 6.04 Å². The fourth-order valence-electron chi connectivity index (χ4n) is 1.62. The summed E-state index contributed by atoms with van der Waals surface area (Å²) in [5, 5.41) is 5.07. The molecule has 0 fully saturated rings. The summed E-state index contributed by atoms with van der Waals surface area (Å²) in [6, 6.07) is 0.0934. The molecule has 0 bridgehead atoms. The first kappa shape index (κ1) is 10.8. The monoisotopic (exact) mass is 220 g/mol. The minimum absolute atomic E-state index is 0.0934. The van der Waals surface area contributed by atoms with Crippen molar-refractivity contribution in [3.63, 3.8) is 0 Å². The fraction of sp³-hybridized carbons (Fsp3) is 0.500. The van der Waals surface area contributed by atoms with Crippen molar-refractivity contribution in [2.24, 2.45) is 12.8 Å². The highest BCUT2D eigenvalue weighted by Crippen LogP contribution is 2.12. The van der Waals surface area contributed by atoms with Crippen molar-refractivity contribution in [1.29, 1.82) is 0 Å². The number of nitrogens with two attached hydrogens (primary N) is 1. The van der Waals surface area contributed by atoms with Crippen LogP contribution in [0.2, 0.25) is 0 Å². The maximum atomic E-state index is 5.74. The van der Waals surface area contributed by atoms with E-state index in [9.17, 15) is 0 Å². The van der Waals surface area contributed by atoms with Crippen molar-refractivity contribution >= 4 is 17.0 Å². The molecule has 0 aliphatic rings. The van der Waals surface area contributed by atoms with Crippen molar-refractivity contribution in [2.75, 3.05) is 18.5 Å². The fourth-order valence-corrected chi connectivity index (χ4v) is 1.62. The number of hydrogen-bond acceptors (Lipinski definition) is 5. The number of aryl methyl sites for hydroxylation is 1. The summed E-state index contributed by atoms with van der Waals surface area (Å²) in [5.74, 6) is 0.674. The van der Waals surface area contributed by atoms with Crippen LogP contribution in [0.5, 0.6) is 0 Å². The zero-order chi connectivity index (χ0) is 11.7. The summed E-state index contributed by atoms with van der Waals surface area (Å²) in [5.41, 5.74) is 6.57.